The molecule has 0 unspecified atom stereocenters. The zero-order valence-corrected chi connectivity index (χ0v) is 12.5. The molecule has 0 saturated heterocycles. The molecule has 0 aliphatic heterocycles. The molecule has 1 rings (SSSR count). The largest absolute Gasteiger partial charge is 0.375 e. The fourth-order valence-corrected chi connectivity index (χ4v) is 2.40. The van der Waals surface area contributed by atoms with Crippen molar-refractivity contribution in [3.05, 3.63) is 15.9 Å². The number of halogens is 3. The number of hydrogen-bond acceptors (Lipinski definition) is 3. The van der Waals surface area contributed by atoms with E-state index in [9.17, 15) is 13.6 Å². The number of rotatable bonds is 8. The molecule has 108 valence electrons. The van der Waals surface area contributed by atoms with Gasteiger partial charge in [-0.15, -0.1) is 0 Å². The Kier molecular flexibility index (Phi) is 6.57. The summed E-state index contributed by atoms with van der Waals surface area (Å²) in [4.78, 5) is 11.7. The number of alkyl halides is 2. The molecule has 1 heterocycles. The number of aromatic nitrogens is 2. The maximum absolute atomic E-state index is 11.8. The van der Waals surface area contributed by atoms with Gasteiger partial charge in [0, 0.05) is 19.9 Å². The zero-order valence-electron chi connectivity index (χ0n) is 11.0. The van der Waals surface area contributed by atoms with Gasteiger partial charge >= 0.3 is 0 Å². The van der Waals surface area contributed by atoms with Gasteiger partial charge in [0.05, 0.1) is 22.5 Å². The molecule has 1 aromatic rings. The Bertz CT molecular complexity index is 436. The lowest BCUT2D eigenvalue weighted by molar-refractivity contribution is -0.120. The minimum atomic E-state index is -2.49. The van der Waals surface area contributed by atoms with Crippen LogP contribution in [0.1, 0.15) is 24.7 Å². The summed E-state index contributed by atoms with van der Waals surface area (Å²) < 4.78 is 30.9. The van der Waals surface area contributed by atoms with Crippen molar-refractivity contribution in [3.8, 4) is 0 Å². The Balaban J connectivity index is 2.46. The van der Waals surface area contributed by atoms with Gasteiger partial charge in [0.25, 0.3) is 6.43 Å². The van der Waals surface area contributed by atoms with Gasteiger partial charge < -0.3 is 4.74 Å². The van der Waals surface area contributed by atoms with Crippen LogP contribution in [0.25, 0.3) is 0 Å². The van der Waals surface area contributed by atoms with Gasteiger partial charge in [-0.2, -0.15) is 5.10 Å². The molecule has 19 heavy (non-hydrogen) atoms. The molecule has 4 nitrogen and oxygen atoms in total. The number of carbonyl (C=O) groups is 1. The molecule has 0 aliphatic carbocycles. The predicted molar refractivity (Wildman–Crippen MR) is 70.4 cm³/mol. The summed E-state index contributed by atoms with van der Waals surface area (Å²) in [6.45, 7) is 1.39. The third-order valence-electron chi connectivity index (χ3n) is 2.64. The van der Waals surface area contributed by atoms with E-state index in [1.54, 1.807) is 11.7 Å². The number of ether oxygens (including phenoxy) is 1. The second kappa shape index (κ2) is 7.69. The van der Waals surface area contributed by atoms with Gasteiger partial charge in [-0.3, -0.25) is 9.48 Å². The second-order valence-corrected chi connectivity index (χ2v) is 4.91. The molecule has 0 saturated carbocycles. The standard InChI is InChI=1S/C12H17BrF2N2O2/c1-3-9-12(13)10(17(2)16-9)6-8(18)4-5-19-7-11(14)15/h11H,3-7H2,1-2H3. The minimum Gasteiger partial charge on any atom is -0.375 e. The van der Waals surface area contributed by atoms with Crippen LogP contribution < -0.4 is 0 Å². The van der Waals surface area contributed by atoms with E-state index in [0.29, 0.717) is 0 Å². The summed E-state index contributed by atoms with van der Waals surface area (Å²) in [6, 6.07) is 0. The van der Waals surface area contributed by atoms with Crippen LogP contribution in [-0.2, 0) is 29.4 Å². The highest BCUT2D eigenvalue weighted by atomic mass is 79.9. The maximum atomic E-state index is 11.8. The Labute approximate surface area is 119 Å². The summed E-state index contributed by atoms with van der Waals surface area (Å²) in [5, 5.41) is 4.29. The average Bonchev–Trinajstić information content (AvgIpc) is 2.62. The summed E-state index contributed by atoms with van der Waals surface area (Å²) >= 11 is 3.43. The summed E-state index contributed by atoms with van der Waals surface area (Å²) in [6.07, 6.45) is -1.36. The van der Waals surface area contributed by atoms with Crippen molar-refractivity contribution in [2.75, 3.05) is 13.2 Å². The van der Waals surface area contributed by atoms with Gasteiger partial charge in [-0.1, -0.05) is 6.92 Å². The first-order chi connectivity index (χ1) is 8.95. The zero-order chi connectivity index (χ0) is 14.4. The van der Waals surface area contributed by atoms with Gasteiger partial charge in [0.2, 0.25) is 0 Å². The topological polar surface area (TPSA) is 44.1 Å². The first kappa shape index (κ1) is 16.2. The molecule has 0 N–H and O–H groups in total. The van der Waals surface area contributed by atoms with Gasteiger partial charge in [0.1, 0.15) is 12.4 Å². The van der Waals surface area contributed by atoms with Crippen molar-refractivity contribution in [3.63, 3.8) is 0 Å². The molecule has 0 aliphatic rings. The quantitative estimate of drug-likeness (QED) is 0.684. The summed E-state index contributed by atoms with van der Waals surface area (Å²) in [5.74, 6) is -0.0550. The van der Waals surface area contributed by atoms with E-state index in [4.69, 9.17) is 0 Å². The molecule has 0 fully saturated rings. The van der Waals surface area contributed by atoms with Crippen molar-refractivity contribution in [1.29, 1.82) is 0 Å². The Hall–Kier alpha value is -0.820. The van der Waals surface area contributed by atoms with Crippen LogP contribution in [0.2, 0.25) is 0 Å². The third kappa shape index (κ3) is 4.99. The molecule has 0 amide bonds. The number of nitrogens with zero attached hydrogens (tertiary/aromatic N) is 2. The predicted octanol–water partition coefficient (Wildman–Crippen LogP) is 2.53. The summed E-state index contributed by atoms with van der Waals surface area (Å²) in [7, 11) is 1.78. The van der Waals surface area contributed by atoms with E-state index in [2.05, 4.69) is 25.8 Å². The molecular formula is C12H17BrF2N2O2. The van der Waals surface area contributed by atoms with Crippen LogP contribution in [0.3, 0.4) is 0 Å². The van der Waals surface area contributed by atoms with Crippen LogP contribution in [0.15, 0.2) is 4.47 Å². The van der Waals surface area contributed by atoms with Crippen LogP contribution in [0, 0.1) is 0 Å². The van der Waals surface area contributed by atoms with Crippen molar-refractivity contribution < 1.29 is 18.3 Å². The Morgan fingerprint density at radius 3 is 2.74 bits per heavy atom. The monoisotopic (exact) mass is 338 g/mol. The van der Waals surface area contributed by atoms with E-state index in [1.165, 1.54) is 0 Å². The summed E-state index contributed by atoms with van der Waals surface area (Å²) in [5.41, 5.74) is 1.70. The lowest BCUT2D eigenvalue weighted by atomic mass is 10.1. The lowest BCUT2D eigenvalue weighted by Gasteiger charge is -2.04. The third-order valence-corrected chi connectivity index (χ3v) is 3.55. The van der Waals surface area contributed by atoms with Crippen LogP contribution in [0.5, 0.6) is 0 Å². The highest BCUT2D eigenvalue weighted by molar-refractivity contribution is 9.10. The lowest BCUT2D eigenvalue weighted by Crippen LogP contribution is -2.12. The van der Waals surface area contributed by atoms with E-state index in [1.807, 2.05) is 6.92 Å². The van der Waals surface area contributed by atoms with Gasteiger partial charge in [0.15, 0.2) is 0 Å². The molecule has 0 radical (unpaired) electrons. The van der Waals surface area contributed by atoms with Crippen molar-refractivity contribution in [1.82, 2.24) is 9.78 Å². The fraction of sp³-hybridized carbons (Fsp3) is 0.667. The Morgan fingerprint density at radius 1 is 1.53 bits per heavy atom. The molecule has 1 aromatic heterocycles. The van der Waals surface area contributed by atoms with Crippen molar-refractivity contribution in [2.24, 2.45) is 7.05 Å². The molecule has 0 atom stereocenters. The number of ketones is 1. The van der Waals surface area contributed by atoms with Crippen LogP contribution in [0.4, 0.5) is 8.78 Å². The molecular weight excluding hydrogens is 322 g/mol. The van der Waals surface area contributed by atoms with E-state index >= 15 is 0 Å². The first-order valence-electron chi connectivity index (χ1n) is 6.03. The van der Waals surface area contributed by atoms with E-state index < -0.39 is 13.0 Å². The molecule has 7 heteroatoms. The van der Waals surface area contributed by atoms with Crippen LogP contribution >= 0.6 is 15.9 Å². The van der Waals surface area contributed by atoms with Crippen molar-refractivity contribution >= 4 is 21.7 Å². The van der Waals surface area contributed by atoms with Gasteiger partial charge in [-0.05, 0) is 22.4 Å². The van der Waals surface area contributed by atoms with E-state index in [-0.39, 0.29) is 25.2 Å². The van der Waals surface area contributed by atoms with E-state index in [0.717, 1.165) is 22.3 Å². The average molecular weight is 339 g/mol. The van der Waals surface area contributed by atoms with Crippen molar-refractivity contribution in [2.45, 2.75) is 32.6 Å². The smallest absolute Gasteiger partial charge is 0.261 e. The van der Waals surface area contributed by atoms with Gasteiger partial charge in [-0.25, -0.2) is 8.78 Å². The fourth-order valence-electron chi connectivity index (χ4n) is 1.65. The number of hydrogen-bond donors (Lipinski definition) is 0. The second-order valence-electron chi connectivity index (χ2n) is 4.12. The number of Topliss-reactive ketones (excluding diaryl/α,β-unsaturated/α-hetero) is 1. The number of aryl methyl sites for hydroxylation is 2. The molecule has 0 spiro atoms. The first-order valence-corrected chi connectivity index (χ1v) is 6.82. The molecule has 0 bridgehead atoms. The minimum absolute atomic E-state index is 0.0271. The molecule has 0 aromatic carbocycles. The highest BCUT2D eigenvalue weighted by Gasteiger charge is 2.15. The van der Waals surface area contributed by atoms with Crippen LogP contribution in [-0.4, -0.2) is 35.2 Å². The maximum Gasteiger partial charge on any atom is 0.261 e. The normalized spacial score (nSPS) is 11.3. The number of carbonyl (C=O) groups excluding carboxylic acids is 1. The SMILES string of the molecule is CCc1nn(C)c(CC(=O)CCOCC(F)F)c1Br. The Morgan fingerprint density at radius 2 is 2.21 bits per heavy atom. The highest BCUT2D eigenvalue weighted by Crippen LogP contribution is 2.22.